The quantitative estimate of drug-likeness (QED) is 0.762. The summed E-state index contributed by atoms with van der Waals surface area (Å²) in [5.41, 5.74) is 0. The summed E-state index contributed by atoms with van der Waals surface area (Å²) in [5.74, 6) is 1.05. The molecule has 1 aliphatic rings. The molecule has 6 nitrogen and oxygen atoms in total. The van der Waals surface area contributed by atoms with Gasteiger partial charge in [-0.3, -0.25) is 4.79 Å². The van der Waals surface area contributed by atoms with Crippen LogP contribution in [0, 0.1) is 0 Å². The minimum absolute atomic E-state index is 0.00525. The highest BCUT2D eigenvalue weighted by Crippen LogP contribution is 2.11. The maximum atomic E-state index is 11.5. The first-order valence-electron chi connectivity index (χ1n) is 5.20. The zero-order valence-electron chi connectivity index (χ0n) is 9.06. The summed E-state index contributed by atoms with van der Waals surface area (Å²) < 4.78 is 4.95. The number of ether oxygens (including phenoxy) is 1. The summed E-state index contributed by atoms with van der Waals surface area (Å²) in [5, 5.41) is 5.79. The van der Waals surface area contributed by atoms with Gasteiger partial charge in [0, 0.05) is 6.54 Å². The molecule has 1 amide bonds. The zero-order chi connectivity index (χ0) is 11.4. The first-order valence-corrected chi connectivity index (χ1v) is 5.20. The number of rotatable bonds is 3. The summed E-state index contributed by atoms with van der Waals surface area (Å²) >= 11 is 0. The number of nitrogens with one attached hydrogen (secondary N) is 2. The minimum atomic E-state index is -0.234. The van der Waals surface area contributed by atoms with Gasteiger partial charge in [0.1, 0.15) is 6.04 Å². The molecule has 86 valence electrons. The van der Waals surface area contributed by atoms with E-state index in [4.69, 9.17) is 4.74 Å². The van der Waals surface area contributed by atoms with Gasteiger partial charge in [-0.1, -0.05) is 0 Å². The molecular formula is C10H14N4O2. The van der Waals surface area contributed by atoms with E-state index in [1.54, 1.807) is 19.5 Å². The number of carbonyl (C=O) groups is 1. The van der Waals surface area contributed by atoms with Crippen LogP contribution < -0.4 is 15.4 Å². The van der Waals surface area contributed by atoms with Gasteiger partial charge < -0.3 is 15.4 Å². The smallest absolute Gasteiger partial charge is 0.242 e. The highest BCUT2D eigenvalue weighted by molar-refractivity contribution is 5.84. The number of anilines is 1. The van der Waals surface area contributed by atoms with Crippen LogP contribution in [0.15, 0.2) is 12.4 Å². The predicted octanol–water partition coefficient (Wildman–Crippen LogP) is 0.176. The van der Waals surface area contributed by atoms with Crippen LogP contribution >= 0.6 is 0 Å². The molecule has 2 N–H and O–H groups in total. The van der Waals surface area contributed by atoms with Crippen molar-refractivity contribution in [2.75, 3.05) is 19.0 Å². The van der Waals surface area contributed by atoms with Gasteiger partial charge in [0.2, 0.25) is 11.9 Å². The van der Waals surface area contributed by atoms with Crippen molar-refractivity contribution in [1.29, 1.82) is 0 Å². The van der Waals surface area contributed by atoms with Crippen LogP contribution in [-0.4, -0.2) is 35.6 Å². The van der Waals surface area contributed by atoms with Crippen LogP contribution in [0.5, 0.6) is 5.75 Å². The van der Waals surface area contributed by atoms with Gasteiger partial charge in [0.05, 0.1) is 19.5 Å². The minimum Gasteiger partial charge on any atom is -0.494 e. The van der Waals surface area contributed by atoms with E-state index in [0.717, 1.165) is 19.4 Å². The normalized spacial score (nSPS) is 20.1. The molecule has 0 aromatic carbocycles. The monoisotopic (exact) mass is 222 g/mol. The maximum Gasteiger partial charge on any atom is 0.242 e. The van der Waals surface area contributed by atoms with Crippen molar-refractivity contribution in [1.82, 2.24) is 15.3 Å². The lowest BCUT2D eigenvalue weighted by Gasteiger charge is -2.22. The number of piperidine rings is 1. The Labute approximate surface area is 93.4 Å². The molecule has 0 bridgehead atoms. The summed E-state index contributed by atoms with van der Waals surface area (Å²) in [6.07, 6.45) is 4.91. The van der Waals surface area contributed by atoms with E-state index < -0.39 is 0 Å². The van der Waals surface area contributed by atoms with E-state index >= 15 is 0 Å². The molecule has 2 rings (SSSR count). The first-order chi connectivity index (χ1) is 7.79. The van der Waals surface area contributed by atoms with Crippen molar-refractivity contribution in [2.45, 2.75) is 18.9 Å². The van der Waals surface area contributed by atoms with Crippen molar-refractivity contribution in [3.8, 4) is 5.75 Å². The molecule has 1 unspecified atom stereocenters. The third-order valence-corrected chi connectivity index (χ3v) is 2.45. The first kappa shape index (κ1) is 10.7. The average Bonchev–Trinajstić information content (AvgIpc) is 2.33. The second-order valence-electron chi connectivity index (χ2n) is 3.58. The van der Waals surface area contributed by atoms with Crippen molar-refractivity contribution in [2.24, 2.45) is 0 Å². The van der Waals surface area contributed by atoms with Crippen LogP contribution in [0.2, 0.25) is 0 Å². The Morgan fingerprint density at radius 1 is 1.50 bits per heavy atom. The fraction of sp³-hybridized carbons (Fsp3) is 0.500. The molecule has 6 heteroatoms. The molecule has 1 fully saturated rings. The maximum absolute atomic E-state index is 11.5. The van der Waals surface area contributed by atoms with Crippen LogP contribution in [0.4, 0.5) is 5.95 Å². The van der Waals surface area contributed by atoms with E-state index in [-0.39, 0.29) is 11.9 Å². The molecule has 16 heavy (non-hydrogen) atoms. The lowest BCUT2D eigenvalue weighted by molar-refractivity contribution is -0.123. The lowest BCUT2D eigenvalue weighted by Crippen LogP contribution is -2.44. The third-order valence-electron chi connectivity index (χ3n) is 2.45. The van der Waals surface area contributed by atoms with Gasteiger partial charge in [-0.2, -0.15) is 0 Å². The molecule has 2 heterocycles. The van der Waals surface area contributed by atoms with Gasteiger partial charge >= 0.3 is 0 Å². The second-order valence-corrected chi connectivity index (χ2v) is 3.58. The van der Waals surface area contributed by atoms with E-state index in [9.17, 15) is 4.79 Å². The number of hydrogen-bond acceptors (Lipinski definition) is 5. The Hall–Kier alpha value is -1.85. The average molecular weight is 222 g/mol. The Morgan fingerprint density at radius 2 is 2.25 bits per heavy atom. The molecule has 0 radical (unpaired) electrons. The summed E-state index contributed by atoms with van der Waals surface area (Å²) in [6, 6.07) is -0.234. The fourth-order valence-electron chi connectivity index (χ4n) is 1.56. The molecule has 1 aromatic rings. The van der Waals surface area contributed by atoms with Gasteiger partial charge in [-0.05, 0) is 12.8 Å². The number of carbonyl (C=O) groups excluding carboxylic acids is 1. The van der Waals surface area contributed by atoms with Gasteiger partial charge in [-0.15, -0.1) is 0 Å². The molecular weight excluding hydrogens is 208 g/mol. The predicted molar refractivity (Wildman–Crippen MR) is 58.2 cm³/mol. The Kier molecular flexibility index (Phi) is 3.19. The topological polar surface area (TPSA) is 76.1 Å². The van der Waals surface area contributed by atoms with E-state index in [2.05, 4.69) is 20.6 Å². The van der Waals surface area contributed by atoms with Crippen molar-refractivity contribution < 1.29 is 9.53 Å². The number of methoxy groups -OCH3 is 1. The van der Waals surface area contributed by atoms with E-state index in [0.29, 0.717) is 11.7 Å². The van der Waals surface area contributed by atoms with Crippen LogP contribution in [0.1, 0.15) is 12.8 Å². The van der Waals surface area contributed by atoms with Crippen molar-refractivity contribution in [3.63, 3.8) is 0 Å². The molecule has 1 aromatic heterocycles. The standard InChI is InChI=1S/C10H14N4O2/c1-16-7-5-12-10(13-6-7)14-8-3-2-4-11-9(8)15/h5-6,8H,2-4H2,1H3,(H,11,15)(H,12,13,14). The molecule has 0 saturated carbocycles. The Morgan fingerprint density at radius 3 is 2.88 bits per heavy atom. The SMILES string of the molecule is COc1cnc(NC2CCCNC2=O)nc1. The highest BCUT2D eigenvalue weighted by atomic mass is 16.5. The van der Waals surface area contributed by atoms with Crippen molar-refractivity contribution in [3.05, 3.63) is 12.4 Å². The molecule has 1 saturated heterocycles. The molecule has 0 spiro atoms. The molecule has 0 aliphatic carbocycles. The van der Waals surface area contributed by atoms with Crippen LogP contribution in [-0.2, 0) is 4.79 Å². The number of hydrogen-bond donors (Lipinski definition) is 2. The summed E-state index contributed by atoms with van der Waals surface area (Å²) in [7, 11) is 1.56. The zero-order valence-corrected chi connectivity index (χ0v) is 9.06. The largest absolute Gasteiger partial charge is 0.494 e. The second kappa shape index (κ2) is 4.78. The number of amides is 1. The van der Waals surface area contributed by atoms with Gasteiger partial charge in [0.15, 0.2) is 5.75 Å². The lowest BCUT2D eigenvalue weighted by atomic mass is 10.1. The number of nitrogens with zero attached hydrogens (tertiary/aromatic N) is 2. The Balaban J connectivity index is 1.99. The summed E-state index contributed by atoms with van der Waals surface area (Å²) in [4.78, 5) is 19.6. The Bertz CT molecular complexity index is 366. The van der Waals surface area contributed by atoms with Crippen molar-refractivity contribution >= 4 is 11.9 Å². The van der Waals surface area contributed by atoms with Crippen LogP contribution in [0.25, 0.3) is 0 Å². The highest BCUT2D eigenvalue weighted by Gasteiger charge is 2.22. The van der Waals surface area contributed by atoms with Gasteiger partial charge in [-0.25, -0.2) is 9.97 Å². The molecule has 1 atom stereocenters. The third kappa shape index (κ3) is 2.39. The van der Waals surface area contributed by atoms with E-state index in [1.807, 2.05) is 0 Å². The number of aromatic nitrogens is 2. The fourth-order valence-corrected chi connectivity index (χ4v) is 1.56. The summed E-state index contributed by atoms with van der Waals surface area (Å²) in [6.45, 7) is 0.750. The van der Waals surface area contributed by atoms with Gasteiger partial charge in [0.25, 0.3) is 0 Å². The van der Waals surface area contributed by atoms with Crippen LogP contribution in [0.3, 0.4) is 0 Å². The molecule has 1 aliphatic heterocycles. The van der Waals surface area contributed by atoms with E-state index in [1.165, 1.54) is 0 Å².